The third-order valence-corrected chi connectivity index (χ3v) is 3.18. The van der Waals surface area contributed by atoms with Crippen molar-refractivity contribution < 1.29 is 18.7 Å². The van der Waals surface area contributed by atoms with Gasteiger partial charge < -0.3 is 5.11 Å². The van der Waals surface area contributed by atoms with Gasteiger partial charge in [0.1, 0.15) is 22.5 Å². The summed E-state index contributed by atoms with van der Waals surface area (Å²) in [5.74, 6) is -3.03. The molecular weight excluding hydrogens is 304 g/mol. The second kappa shape index (κ2) is 4.78. The number of carboxylic acid groups (broad SMARTS) is 1. The predicted octanol–water partition coefficient (Wildman–Crippen LogP) is 3.05. The molecule has 0 unspecified atom stereocenters. The molecular formula is C13H6ClF2N3O2. The van der Waals surface area contributed by atoms with Gasteiger partial charge in [0.2, 0.25) is 0 Å². The molecule has 0 aliphatic rings. The maximum atomic E-state index is 14.0. The van der Waals surface area contributed by atoms with Crippen LogP contribution >= 0.6 is 11.6 Å². The number of para-hydroxylation sites is 1. The molecule has 21 heavy (non-hydrogen) atoms. The summed E-state index contributed by atoms with van der Waals surface area (Å²) in [5.41, 5.74) is -0.0290. The maximum Gasteiger partial charge on any atom is 0.337 e. The topological polar surface area (TPSA) is 68.0 Å². The first kappa shape index (κ1) is 13.4. The Morgan fingerprint density at radius 3 is 2.71 bits per heavy atom. The standard InChI is InChI=1S/C13H6ClF2N3O2/c14-8-4-6(15)5-9(16)12(8)19-11-7(13(20)21)2-1-3-10(11)17-18-19/h1-5H,(H,20,21). The zero-order valence-electron chi connectivity index (χ0n) is 10.2. The molecule has 5 nitrogen and oxygen atoms in total. The van der Waals surface area contributed by atoms with E-state index in [0.29, 0.717) is 6.07 Å². The summed E-state index contributed by atoms with van der Waals surface area (Å²) in [6, 6.07) is 5.91. The first-order valence-corrected chi connectivity index (χ1v) is 6.09. The molecule has 0 spiro atoms. The molecule has 0 aliphatic heterocycles. The van der Waals surface area contributed by atoms with Crippen LogP contribution in [0.5, 0.6) is 0 Å². The lowest BCUT2D eigenvalue weighted by Gasteiger charge is -2.08. The van der Waals surface area contributed by atoms with Crippen molar-refractivity contribution in [3.8, 4) is 5.69 Å². The Morgan fingerprint density at radius 1 is 1.29 bits per heavy atom. The minimum absolute atomic E-state index is 0.0809. The second-order valence-electron chi connectivity index (χ2n) is 4.20. The van der Waals surface area contributed by atoms with Gasteiger partial charge in [-0.3, -0.25) is 0 Å². The largest absolute Gasteiger partial charge is 0.478 e. The Labute approximate surface area is 121 Å². The summed E-state index contributed by atoms with van der Waals surface area (Å²) in [6.45, 7) is 0. The SMILES string of the molecule is O=C(O)c1cccc2nnn(-c3c(F)cc(F)cc3Cl)c12. The van der Waals surface area contributed by atoms with Gasteiger partial charge in [-0.15, -0.1) is 5.10 Å². The number of aromatic carboxylic acids is 1. The predicted molar refractivity (Wildman–Crippen MR) is 70.8 cm³/mol. The summed E-state index contributed by atoms with van der Waals surface area (Å²) in [6.07, 6.45) is 0. The minimum Gasteiger partial charge on any atom is -0.478 e. The molecule has 3 rings (SSSR count). The molecule has 0 atom stereocenters. The molecule has 8 heteroatoms. The summed E-state index contributed by atoms with van der Waals surface area (Å²) in [7, 11) is 0. The number of hydrogen-bond acceptors (Lipinski definition) is 3. The van der Waals surface area contributed by atoms with Crippen LogP contribution in [0, 0.1) is 11.6 Å². The first-order chi connectivity index (χ1) is 9.99. The van der Waals surface area contributed by atoms with Gasteiger partial charge in [0.25, 0.3) is 0 Å². The van der Waals surface area contributed by atoms with Crippen molar-refractivity contribution in [2.75, 3.05) is 0 Å². The van der Waals surface area contributed by atoms with Gasteiger partial charge in [0, 0.05) is 6.07 Å². The highest BCUT2D eigenvalue weighted by Crippen LogP contribution is 2.28. The molecule has 1 heterocycles. The van der Waals surface area contributed by atoms with Crippen molar-refractivity contribution in [2.24, 2.45) is 0 Å². The average molecular weight is 310 g/mol. The van der Waals surface area contributed by atoms with E-state index in [1.807, 2.05) is 0 Å². The molecule has 1 aromatic heterocycles. The molecule has 0 radical (unpaired) electrons. The van der Waals surface area contributed by atoms with E-state index in [0.717, 1.165) is 10.7 Å². The highest BCUT2D eigenvalue weighted by atomic mass is 35.5. The molecule has 0 amide bonds. The van der Waals surface area contributed by atoms with Crippen LogP contribution in [0.25, 0.3) is 16.7 Å². The Balaban J connectivity index is 2.39. The normalized spacial score (nSPS) is 11.0. The van der Waals surface area contributed by atoms with E-state index in [-0.39, 0.29) is 27.3 Å². The highest BCUT2D eigenvalue weighted by molar-refractivity contribution is 6.32. The summed E-state index contributed by atoms with van der Waals surface area (Å²) >= 11 is 5.84. The number of fused-ring (bicyclic) bond motifs is 1. The third kappa shape index (κ3) is 2.11. The lowest BCUT2D eigenvalue weighted by Crippen LogP contribution is -2.06. The lowest BCUT2D eigenvalue weighted by molar-refractivity contribution is 0.0698. The molecule has 3 aromatic rings. The zero-order chi connectivity index (χ0) is 15.1. The van der Waals surface area contributed by atoms with E-state index >= 15 is 0 Å². The van der Waals surface area contributed by atoms with Crippen molar-refractivity contribution in [3.63, 3.8) is 0 Å². The number of hydrogen-bond donors (Lipinski definition) is 1. The molecule has 2 aromatic carbocycles. The quantitative estimate of drug-likeness (QED) is 0.790. The highest BCUT2D eigenvalue weighted by Gasteiger charge is 2.20. The fourth-order valence-corrected chi connectivity index (χ4v) is 2.31. The van der Waals surface area contributed by atoms with Gasteiger partial charge in [-0.1, -0.05) is 22.9 Å². The van der Waals surface area contributed by atoms with Crippen molar-refractivity contribution in [1.29, 1.82) is 0 Å². The monoisotopic (exact) mass is 309 g/mol. The Bertz CT molecular complexity index is 856. The number of halogens is 3. The first-order valence-electron chi connectivity index (χ1n) is 5.71. The Hall–Kier alpha value is -2.54. The molecule has 0 bridgehead atoms. The lowest BCUT2D eigenvalue weighted by atomic mass is 10.1. The van der Waals surface area contributed by atoms with E-state index in [1.54, 1.807) is 0 Å². The van der Waals surface area contributed by atoms with Crippen LogP contribution in [0.15, 0.2) is 30.3 Å². The van der Waals surface area contributed by atoms with Gasteiger partial charge in [-0.25, -0.2) is 18.3 Å². The van der Waals surface area contributed by atoms with E-state index in [1.165, 1.54) is 18.2 Å². The van der Waals surface area contributed by atoms with Crippen molar-refractivity contribution in [1.82, 2.24) is 15.0 Å². The van der Waals surface area contributed by atoms with Crippen LogP contribution in [0.2, 0.25) is 5.02 Å². The minimum atomic E-state index is -1.22. The molecule has 0 saturated carbocycles. The van der Waals surface area contributed by atoms with E-state index in [2.05, 4.69) is 10.3 Å². The number of aromatic nitrogens is 3. The smallest absolute Gasteiger partial charge is 0.337 e. The molecule has 0 saturated heterocycles. The average Bonchev–Trinajstić information content (AvgIpc) is 2.81. The maximum absolute atomic E-state index is 14.0. The molecule has 0 fully saturated rings. The summed E-state index contributed by atoms with van der Waals surface area (Å²) < 4.78 is 28.0. The summed E-state index contributed by atoms with van der Waals surface area (Å²) in [5, 5.41) is 16.5. The molecule has 0 aliphatic carbocycles. The van der Waals surface area contributed by atoms with Gasteiger partial charge in [-0.05, 0) is 18.2 Å². The van der Waals surface area contributed by atoms with Crippen LogP contribution < -0.4 is 0 Å². The number of carbonyl (C=O) groups is 1. The third-order valence-electron chi connectivity index (χ3n) is 2.89. The van der Waals surface area contributed by atoms with Crippen LogP contribution in [-0.4, -0.2) is 26.1 Å². The number of nitrogens with zero attached hydrogens (tertiary/aromatic N) is 3. The van der Waals surface area contributed by atoms with Crippen LogP contribution in [0.3, 0.4) is 0 Å². The van der Waals surface area contributed by atoms with E-state index < -0.39 is 17.6 Å². The van der Waals surface area contributed by atoms with Crippen LogP contribution in [-0.2, 0) is 0 Å². The summed E-state index contributed by atoms with van der Waals surface area (Å²) in [4.78, 5) is 11.3. The number of carboxylic acids is 1. The molecule has 106 valence electrons. The van der Waals surface area contributed by atoms with Crippen LogP contribution in [0.1, 0.15) is 10.4 Å². The van der Waals surface area contributed by atoms with Crippen LogP contribution in [0.4, 0.5) is 8.78 Å². The number of benzene rings is 2. The van der Waals surface area contributed by atoms with Gasteiger partial charge >= 0.3 is 5.97 Å². The van der Waals surface area contributed by atoms with Crippen molar-refractivity contribution in [2.45, 2.75) is 0 Å². The second-order valence-corrected chi connectivity index (χ2v) is 4.60. The van der Waals surface area contributed by atoms with E-state index in [9.17, 15) is 18.7 Å². The fourth-order valence-electron chi connectivity index (χ4n) is 2.04. The van der Waals surface area contributed by atoms with Gasteiger partial charge in [0.15, 0.2) is 5.82 Å². The molecule has 1 N–H and O–H groups in total. The number of rotatable bonds is 2. The Kier molecular flexibility index (Phi) is 3.06. The van der Waals surface area contributed by atoms with Gasteiger partial charge in [-0.2, -0.15) is 0 Å². The van der Waals surface area contributed by atoms with Crippen molar-refractivity contribution in [3.05, 3.63) is 52.6 Å². The van der Waals surface area contributed by atoms with E-state index in [4.69, 9.17) is 11.6 Å². The van der Waals surface area contributed by atoms with Crippen molar-refractivity contribution >= 4 is 28.6 Å². The van der Waals surface area contributed by atoms with Gasteiger partial charge in [0.05, 0.1) is 10.6 Å². The Morgan fingerprint density at radius 2 is 2.05 bits per heavy atom. The zero-order valence-corrected chi connectivity index (χ0v) is 11.0. The fraction of sp³-hybridized carbons (Fsp3) is 0.